The number of allylic oxidation sites excluding steroid dienone is 1. The second kappa shape index (κ2) is 4.90. The van der Waals surface area contributed by atoms with Gasteiger partial charge < -0.3 is 0 Å². The Morgan fingerprint density at radius 2 is 2.33 bits per heavy atom. The average molecular weight is 124 g/mol. The summed E-state index contributed by atoms with van der Waals surface area (Å²) in [6.07, 6.45) is 3.74. The average Bonchev–Trinajstić information content (AvgIpc) is 1.91. The zero-order valence-corrected chi connectivity index (χ0v) is 5.24. The van der Waals surface area contributed by atoms with Gasteiger partial charge in [0, 0.05) is 6.20 Å². The highest BCUT2D eigenvalue weighted by Gasteiger charge is 1.83. The largest absolute Gasteiger partial charge is 0.294 e. The van der Waals surface area contributed by atoms with Crippen molar-refractivity contribution in [3.8, 4) is 0 Å². The summed E-state index contributed by atoms with van der Waals surface area (Å²) in [6.45, 7) is 4.94. The Kier molecular flexibility index (Phi) is 4.22. The van der Waals surface area contributed by atoms with Crippen LogP contribution in [-0.2, 0) is 4.79 Å². The monoisotopic (exact) mass is 124 g/mol. The van der Waals surface area contributed by atoms with E-state index in [2.05, 4.69) is 16.7 Å². The Morgan fingerprint density at radius 1 is 1.67 bits per heavy atom. The number of aldehydes is 1. The van der Waals surface area contributed by atoms with Gasteiger partial charge >= 0.3 is 0 Å². The molecule has 0 saturated carbocycles. The summed E-state index contributed by atoms with van der Waals surface area (Å²) in [7, 11) is 0. The van der Waals surface area contributed by atoms with Gasteiger partial charge in [-0.15, -0.1) is 0 Å². The van der Waals surface area contributed by atoms with Gasteiger partial charge in [-0.25, -0.2) is 9.98 Å². The van der Waals surface area contributed by atoms with Crippen molar-refractivity contribution in [2.24, 2.45) is 9.98 Å². The van der Waals surface area contributed by atoms with Gasteiger partial charge in [0.25, 0.3) is 0 Å². The minimum atomic E-state index is 0.105. The normalized spacial score (nSPS) is 11.9. The van der Waals surface area contributed by atoms with Gasteiger partial charge in [0.1, 0.15) is 0 Å². The zero-order chi connectivity index (χ0) is 7.11. The summed E-state index contributed by atoms with van der Waals surface area (Å²) in [5, 5.41) is 0. The molecule has 0 aromatic rings. The lowest BCUT2D eigenvalue weighted by molar-refractivity contribution is -0.102. The number of nitrogens with zero attached hydrogens (tertiary/aromatic N) is 2. The van der Waals surface area contributed by atoms with Crippen LogP contribution in [0.1, 0.15) is 6.92 Å². The predicted molar refractivity (Wildman–Crippen MR) is 37.9 cm³/mol. The van der Waals surface area contributed by atoms with E-state index in [1.807, 2.05) is 0 Å². The molecule has 0 bridgehead atoms. The maximum absolute atomic E-state index is 9.94. The van der Waals surface area contributed by atoms with Crippen LogP contribution in [0.4, 0.5) is 0 Å². The molecule has 0 aliphatic carbocycles. The van der Waals surface area contributed by atoms with E-state index < -0.39 is 0 Å². The third kappa shape index (κ3) is 3.34. The van der Waals surface area contributed by atoms with Gasteiger partial charge in [0.2, 0.25) is 0 Å². The van der Waals surface area contributed by atoms with Crippen molar-refractivity contribution in [2.75, 3.05) is 0 Å². The third-order valence-electron chi connectivity index (χ3n) is 0.623. The lowest BCUT2D eigenvalue weighted by Gasteiger charge is -1.79. The van der Waals surface area contributed by atoms with Crippen LogP contribution in [0.2, 0.25) is 0 Å². The van der Waals surface area contributed by atoms with Gasteiger partial charge in [-0.3, -0.25) is 4.79 Å². The molecule has 0 heterocycles. The predicted octanol–water partition coefficient (Wildman–Crippen LogP) is 0.818. The molecule has 0 N–H and O–H groups in total. The van der Waals surface area contributed by atoms with Crippen LogP contribution in [0.3, 0.4) is 0 Å². The number of carbonyl (C=O) groups excluding carboxylic acids is 1. The van der Waals surface area contributed by atoms with Crippen LogP contribution in [0.5, 0.6) is 0 Å². The standard InChI is InChI=1S/C6H8N2O/c1-3-4-8-6(5-9)7-2/h3-5H,2H2,1H3/b4-3-,8-6?. The number of carbonyl (C=O) groups is 1. The summed E-state index contributed by atoms with van der Waals surface area (Å²) in [4.78, 5) is 16.9. The quantitative estimate of drug-likeness (QED) is 0.305. The molecule has 3 nitrogen and oxygen atoms in total. The van der Waals surface area contributed by atoms with Gasteiger partial charge in [-0.1, -0.05) is 6.08 Å². The number of aliphatic imine (C=N–C) groups is 2. The molecule has 0 aliphatic rings. The first-order valence-corrected chi connectivity index (χ1v) is 2.46. The molecule has 0 unspecified atom stereocenters. The molecule has 9 heavy (non-hydrogen) atoms. The van der Waals surface area contributed by atoms with Crippen LogP contribution < -0.4 is 0 Å². The van der Waals surface area contributed by atoms with Gasteiger partial charge in [0.05, 0.1) is 0 Å². The number of hydrogen-bond acceptors (Lipinski definition) is 2. The summed E-state index contributed by atoms with van der Waals surface area (Å²) in [6, 6.07) is 0. The Balaban J connectivity index is 4.06. The van der Waals surface area contributed by atoms with E-state index in [0.717, 1.165) is 0 Å². The highest BCUT2D eigenvalue weighted by molar-refractivity contribution is 6.28. The molecular formula is C6H8N2O. The van der Waals surface area contributed by atoms with Crippen LogP contribution in [0, 0.1) is 0 Å². The highest BCUT2D eigenvalue weighted by atomic mass is 16.1. The van der Waals surface area contributed by atoms with Crippen molar-refractivity contribution in [1.29, 1.82) is 0 Å². The molecule has 3 heteroatoms. The van der Waals surface area contributed by atoms with Crippen molar-refractivity contribution >= 4 is 18.8 Å². The van der Waals surface area contributed by atoms with Gasteiger partial charge in [-0.2, -0.15) is 0 Å². The fraction of sp³-hybridized carbons (Fsp3) is 0.167. The van der Waals surface area contributed by atoms with E-state index in [0.29, 0.717) is 6.29 Å². The molecule has 0 aromatic heterocycles. The Morgan fingerprint density at radius 3 is 2.67 bits per heavy atom. The molecule has 0 atom stereocenters. The van der Waals surface area contributed by atoms with Crippen LogP contribution in [0.15, 0.2) is 22.3 Å². The summed E-state index contributed by atoms with van der Waals surface area (Å²) >= 11 is 0. The van der Waals surface area contributed by atoms with E-state index >= 15 is 0 Å². The number of hydrogen-bond donors (Lipinski definition) is 0. The fourth-order valence-corrected chi connectivity index (χ4v) is 0.259. The van der Waals surface area contributed by atoms with E-state index in [1.165, 1.54) is 6.20 Å². The Labute approximate surface area is 53.8 Å². The van der Waals surface area contributed by atoms with E-state index in [-0.39, 0.29) is 5.84 Å². The molecule has 0 rings (SSSR count). The molecule has 0 saturated heterocycles. The minimum absolute atomic E-state index is 0.105. The molecule has 0 radical (unpaired) electrons. The van der Waals surface area contributed by atoms with Crippen molar-refractivity contribution < 1.29 is 4.79 Å². The summed E-state index contributed by atoms with van der Waals surface area (Å²) in [5.41, 5.74) is 0. The fourth-order valence-electron chi connectivity index (χ4n) is 0.259. The Hall–Kier alpha value is -1.25. The molecule has 0 aliphatic heterocycles. The summed E-state index contributed by atoms with van der Waals surface area (Å²) < 4.78 is 0. The molecule has 0 spiro atoms. The molecule has 0 aromatic carbocycles. The van der Waals surface area contributed by atoms with E-state index in [9.17, 15) is 4.79 Å². The lowest BCUT2D eigenvalue weighted by Crippen LogP contribution is -1.91. The van der Waals surface area contributed by atoms with Gasteiger partial charge in [0.15, 0.2) is 12.1 Å². The first kappa shape index (κ1) is 7.75. The van der Waals surface area contributed by atoms with E-state index in [1.54, 1.807) is 13.0 Å². The minimum Gasteiger partial charge on any atom is -0.294 e. The molecular weight excluding hydrogens is 116 g/mol. The number of rotatable bonds is 2. The molecule has 0 amide bonds. The maximum Gasteiger partial charge on any atom is 0.191 e. The molecule has 48 valence electrons. The van der Waals surface area contributed by atoms with Crippen molar-refractivity contribution in [3.63, 3.8) is 0 Å². The van der Waals surface area contributed by atoms with Gasteiger partial charge in [-0.05, 0) is 13.6 Å². The first-order valence-electron chi connectivity index (χ1n) is 2.46. The smallest absolute Gasteiger partial charge is 0.191 e. The first-order chi connectivity index (χ1) is 4.35. The highest BCUT2D eigenvalue weighted by Crippen LogP contribution is 1.77. The SMILES string of the molecule is C=NC(C=O)=N/C=C\C. The van der Waals surface area contributed by atoms with Crippen LogP contribution in [-0.4, -0.2) is 18.8 Å². The second-order valence-electron chi connectivity index (χ2n) is 1.25. The number of amidine groups is 1. The topological polar surface area (TPSA) is 41.8 Å². The van der Waals surface area contributed by atoms with Crippen LogP contribution >= 0.6 is 0 Å². The van der Waals surface area contributed by atoms with Crippen molar-refractivity contribution in [1.82, 2.24) is 0 Å². The zero-order valence-electron chi connectivity index (χ0n) is 5.24. The summed E-state index contributed by atoms with van der Waals surface area (Å²) in [5.74, 6) is 0.105. The van der Waals surface area contributed by atoms with Crippen LogP contribution in [0.25, 0.3) is 0 Å². The molecule has 0 fully saturated rings. The van der Waals surface area contributed by atoms with E-state index in [4.69, 9.17) is 0 Å². The lowest BCUT2D eigenvalue weighted by atomic mass is 10.6. The maximum atomic E-state index is 9.94. The second-order valence-corrected chi connectivity index (χ2v) is 1.25. The van der Waals surface area contributed by atoms with Crippen molar-refractivity contribution in [2.45, 2.75) is 6.92 Å². The van der Waals surface area contributed by atoms with Crippen molar-refractivity contribution in [3.05, 3.63) is 12.3 Å². The third-order valence-corrected chi connectivity index (χ3v) is 0.623. The Bertz CT molecular complexity index is 148.